The van der Waals surface area contributed by atoms with Gasteiger partial charge in [-0.25, -0.2) is 0 Å². The Balaban J connectivity index is 2.21. The van der Waals surface area contributed by atoms with Gasteiger partial charge in [0.25, 0.3) is 0 Å². The number of methoxy groups -OCH3 is 1. The van der Waals surface area contributed by atoms with E-state index in [4.69, 9.17) is 4.74 Å². The fourth-order valence-electron chi connectivity index (χ4n) is 1.80. The lowest BCUT2D eigenvalue weighted by Gasteiger charge is -2.20. The molecule has 1 heteroatoms. The highest BCUT2D eigenvalue weighted by Gasteiger charge is 2.13. The molecule has 0 aromatic rings. The van der Waals surface area contributed by atoms with Gasteiger partial charge in [0.1, 0.15) is 0 Å². The molecule has 0 N–H and O–H groups in total. The summed E-state index contributed by atoms with van der Waals surface area (Å²) >= 11 is 0. The van der Waals surface area contributed by atoms with Crippen LogP contribution in [0, 0.1) is 5.92 Å². The summed E-state index contributed by atoms with van der Waals surface area (Å²) in [7, 11) is 1.78. The lowest BCUT2D eigenvalue weighted by molar-refractivity contribution is 0.250. The largest absolute Gasteiger partial charge is 0.501 e. The summed E-state index contributed by atoms with van der Waals surface area (Å²) in [6.45, 7) is 2.26. The van der Waals surface area contributed by atoms with E-state index in [1.54, 1.807) is 7.11 Å². The van der Waals surface area contributed by atoms with Gasteiger partial charge in [0, 0.05) is 6.42 Å². The van der Waals surface area contributed by atoms with Gasteiger partial charge < -0.3 is 4.74 Å². The molecular weight excluding hydrogens is 148 g/mol. The monoisotopic (exact) mass is 168 g/mol. The van der Waals surface area contributed by atoms with Crippen LogP contribution in [0.5, 0.6) is 0 Å². The highest BCUT2D eigenvalue weighted by Crippen LogP contribution is 2.27. The van der Waals surface area contributed by atoms with Crippen LogP contribution in [0.4, 0.5) is 0 Å². The molecule has 0 amide bonds. The first-order chi connectivity index (χ1) is 5.86. The molecule has 1 nitrogen and oxygen atoms in total. The average Bonchev–Trinajstić information content (AvgIpc) is 2.15. The van der Waals surface area contributed by atoms with Crippen molar-refractivity contribution in [2.24, 2.45) is 5.92 Å². The van der Waals surface area contributed by atoms with Crippen molar-refractivity contribution >= 4 is 0 Å². The fourth-order valence-corrected chi connectivity index (χ4v) is 1.80. The molecule has 0 aliphatic heterocycles. The summed E-state index contributed by atoms with van der Waals surface area (Å²) in [5.41, 5.74) is 0. The molecule has 0 aromatic carbocycles. The Labute approximate surface area is 75.8 Å². The van der Waals surface area contributed by atoms with Gasteiger partial charge in [0.15, 0.2) is 0 Å². The first kappa shape index (κ1) is 9.63. The molecule has 0 fully saturated rings. The molecule has 0 saturated carbocycles. The van der Waals surface area contributed by atoms with Crippen molar-refractivity contribution in [1.82, 2.24) is 0 Å². The number of hydrogen-bond acceptors (Lipinski definition) is 1. The van der Waals surface area contributed by atoms with Crippen molar-refractivity contribution < 1.29 is 4.74 Å². The molecule has 1 aliphatic carbocycles. The Morgan fingerprint density at radius 3 is 2.92 bits per heavy atom. The molecule has 0 radical (unpaired) electrons. The number of unbranched alkanes of at least 4 members (excludes halogenated alkanes) is 1. The maximum absolute atomic E-state index is 5.21. The van der Waals surface area contributed by atoms with Crippen molar-refractivity contribution in [1.29, 1.82) is 0 Å². The Hall–Kier alpha value is -0.460. The van der Waals surface area contributed by atoms with Gasteiger partial charge in [-0.15, -0.1) is 0 Å². The first-order valence-electron chi connectivity index (χ1n) is 5.09. The van der Waals surface area contributed by atoms with E-state index in [9.17, 15) is 0 Å². The third-order valence-corrected chi connectivity index (χ3v) is 2.71. The van der Waals surface area contributed by atoms with E-state index in [2.05, 4.69) is 13.0 Å². The van der Waals surface area contributed by atoms with E-state index in [1.807, 2.05) is 0 Å². The van der Waals surface area contributed by atoms with Crippen molar-refractivity contribution in [3.05, 3.63) is 11.8 Å². The zero-order valence-electron chi connectivity index (χ0n) is 8.31. The third-order valence-electron chi connectivity index (χ3n) is 2.71. The Kier molecular flexibility index (Phi) is 4.20. The van der Waals surface area contributed by atoms with Gasteiger partial charge in [-0.3, -0.25) is 0 Å². The summed E-state index contributed by atoms with van der Waals surface area (Å²) in [5, 5.41) is 0. The molecule has 1 unspecified atom stereocenters. The standard InChI is InChI=1S/C11H20O/c1-3-4-5-10-6-8-11(12-2)9-7-10/h8,10H,3-7,9H2,1-2H3. The first-order valence-corrected chi connectivity index (χ1v) is 5.09. The second-order valence-electron chi connectivity index (χ2n) is 3.66. The van der Waals surface area contributed by atoms with Crippen LogP contribution in [0.3, 0.4) is 0 Å². The highest BCUT2D eigenvalue weighted by molar-refractivity contribution is 4.98. The topological polar surface area (TPSA) is 9.23 Å². The van der Waals surface area contributed by atoms with E-state index in [-0.39, 0.29) is 0 Å². The van der Waals surface area contributed by atoms with Gasteiger partial charge in [-0.1, -0.05) is 26.2 Å². The van der Waals surface area contributed by atoms with Crippen LogP contribution in [0.2, 0.25) is 0 Å². The van der Waals surface area contributed by atoms with E-state index < -0.39 is 0 Å². The maximum atomic E-state index is 5.21. The number of ether oxygens (including phenoxy) is 1. The van der Waals surface area contributed by atoms with E-state index in [0.717, 1.165) is 12.3 Å². The van der Waals surface area contributed by atoms with Crippen molar-refractivity contribution in [3.8, 4) is 0 Å². The number of hydrogen-bond donors (Lipinski definition) is 0. The molecular formula is C11H20O. The van der Waals surface area contributed by atoms with Crippen molar-refractivity contribution in [2.45, 2.75) is 45.4 Å². The SMILES string of the molecule is CCCCC1CC=C(OC)CC1. The number of allylic oxidation sites excluding steroid dienone is 2. The van der Waals surface area contributed by atoms with Gasteiger partial charge in [-0.2, -0.15) is 0 Å². The van der Waals surface area contributed by atoms with Crippen molar-refractivity contribution in [2.75, 3.05) is 7.11 Å². The minimum atomic E-state index is 0.934. The predicted octanol–water partition coefficient (Wildman–Crippen LogP) is 3.51. The molecule has 1 atom stereocenters. The van der Waals surface area contributed by atoms with Crippen LogP contribution in [0.1, 0.15) is 45.4 Å². The van der Waals surface area contributed by atoms with Crippen LogP contribution >= 0.6 is 0 Å². The van der Waals surface area contributed by atoms with Crippen LogP contribution in [-0.2, 0) is 4.74 Å². The normalized spacial score (nSPS) is 23.5. The van der Waals surface area contributed by atoms with Crippen LogP contribution in [0.25, 0.3) is 0 Å². The molecule has 1 aliphatic rings. The van der Waals surface area contributed by atoms with Gasteiger partial charge in [0.2, 0.25) is 0 Å². The molecule has 0 bridgehead atoms. The molecule has 0 spiro atoms. The van der Waals surface area contributed by atoms with E-state index in [1.165, 1.54) is 37.9 Å². The van der Waals surface area contributed by atoms with Gasteiger partial charge in [-0.05, 0) is 24.8 Å². The molecule has 12 heavy (non-hydrogen) atoms. The predicted molar refractivity (Wildman–Crippen MR) is 52.0 cm³/mol. The zero-order valence-corrected chi connectivity index (χ0v) is 8.31. The summed E-state index contributed by atoms with van der Waals surface area (Å²) in [4.78, 5) is 0. The lowest BCUT2D eigenvalue weighted by Crippen LogP contribution is -2.06. The minimum absolute atomic E-state index is 0.934. The number of rotatable bonds is 4. The van der Waals surface area contributed by atoms with Gasteiger partial charge >= 0.3 is 0 Å². The Morgan fingerprint density at radius 1 is 1.58 bits per heavy atom. The van der Waals surface area contributed by atoms with E-state index in [0.29, 0.717) is 0 Å². The lowest BCUT2D eigenvalue weighted by atomic mass is 9.89. The molecule has 1 rings (SSSR count). The second kappa shape index (κ2) is 5.23. The van der Waals surface area contributed by atoms with Gasteiger partial charge in [0.05, 0.1) is 12.9 Å². The zero-order chi connectivity index (χ0) is 8.81. The fraction of sp³-hybridized carbons (Fsp3) is 0.818. The minimum Gasteiger partial charge on any atom is -0.501 e. The van der Waals surface area contributed by atoms with Crippen LogP contribution in [-0.4, -0.2) is 7.11 Å². The van der Waals surface area contributed by atoms with Crippen LogP contribution in [0.15, 0.2) is 11.8 Å². The third kappa shape index (κ3) is 2.88. The quantitative estimate of drug-likeness (QED) is 0.624. The highest BCUT2D eigenvalue weighted by atomic mass is 16.5. The molecule has 0 saturated heterocycles. The summed E-state index contributed by atoms with van der Waals surface area (Å²) in [6.07, 6.45) is 10.1. The van der Waals surface area contributed by atoms with Crippen molar-refractivity contribution in [3.63, 3.8) is 0 Å². The molecule has 0 heterocycles. The maximum Gasteiger partial charge on any atom is 0.0915 e. The second-order valence-corrected chi connectivity index (χ2v) is 3.66. The van der Waals surface area contributed by atoms with Crippen LogP contribution < -0.4 is 0 Å². The Morgan fingerprint density at radius 2 is 2.42 bits per heavy atom. The average molecular weight is 168 g/mol. The Bertz CT molecular complexity index is 149. The molecule has 70 valence electrons. The molecule has 0 aromatic heterocycles. The van der Waals surface area contributed by atoms with E-state index >= 15 is 0 Å². The summed E-state index contributed by atoms with van der Waals surface area (Å²) < 4.78 is 5.21. The summed E-state index contributed by atoms with van der Waals surface area (Å²) in [6, 6.07) is 0. The smallest absolute Gasteiger partial charge is 0.0915 e. The summed E-state index contributed by atoms with van der Waals surface area (Å²) in [5.74, 6) is 2.13.